The smallest absolute Gasteiger partial charge is 0.402 e. The first-order valence-electron chi connectivity index (χ1n) is 8.40. The summed E-state index contributed by atoms with van der Waals surface area (Å²) >= 11 is 0. The number of nitrogens with one attached hydrogen (secondary N) is 2. The molecule has 1 aliphatic rings. The maximum absolute atomic E-state index is 13.7. The number of nitrogens with zero attached hydrogens (tertiary/aromatic N) is 2. The summed E-state index contributed by atoms with van der Waals surface area (Å²) in [5, 5.41) is 9.92. The van der Waals surface area contributed by atoms with Crippen LogP contribution in [0, 0.1) is 22.9 Å². The number of amidine groups is 1. The van der Waals surface area contributed by atoms with Crippen molar-refractivity contribution in [2.45, 2.75) is 18.8 Å². The highest BCUT2D eigenvalue weighted by Gasteiger charge is 2.45. The zero-order valence-corrected chi connectivity index (χ0v) is 15.3. The molecule has 1 unspecified atom stereocenters. The molecule has 0 aliphatic carbocycles. The van der Waals surface area contributed by atoms with Crippen LogP contribution in [0.1, 0.15) is 5.56 Å². The second kappa shape index (κ2) is 8.72. The predicted octanol–water partition coefficient (Wildman–Crippen LogP) is 1.72. The number of piperazine rings is 1. The highest BCUT2D eigenvalue weighted by atomic mass is 19.4. The molecule has 1 fully saturated rings. The molecule has 1 atom stereocenters. The Morgan fingerprint density at radius 1 is 1.31 bits per heavy atom. The number of carbonyl (C=O) groups is 1. The molecule has 6 nitrogen and oxygen atoms in total. The number of amides is 1. The van der Waals surface area contributed by atoms with E-state index in [1.54, 1.807) is 0 Å². The Morgan fingerprint density at radius 3 is 2.52 bits per heavy atom. The van der Waals surface area contributed by atoms with E-state index in [0.717, 1.165) is 29.0 Å². The first-order valence-corrected chi connectivity index (χ1v) is 8.40. The van der Waals surface area contributed by atoms with Gasteiger partial charge in [-0.2, -0.15) is 13.2 Å². The number of hydrogen-bond donors (Lipinski definition) is 3. The summed E-state index contributed by atoms with van der Waals surface area (Å²) in [7, 11) is 1.11. The number of nitrogens with two attached hydrogens (primary N) is 1. The molecule has 0 radical (unpaired) electrons. The molecule has 0 aromatic heterocycles. The molecule has 1 aromatic carbocycles. The van der Waals surface area contributed by atoms with E-state index in [-0.39, 0.29) is 30.9 Å². The van der Waals surface area contributed by atoms with Crippen LogP contribution in [-0.2, 0) is 11.2 Å². The summed E-state index contributed by atoms with van der Waals surface area (Å²) in [6, 6.07) is 1.11. The highest BCUT2D eigenvalue weighted by Crippen LogP contribution is 2.24. The minimum absolute atomic E-state index is 0.109. The van der Waals surface area contributed by atoms with Gasteiger partial charge in [-0.25, -0.2) is 13.2 Å². The van der Waals surface area contributed by atoms with Gasteiger partial charge in [0.25, 0.3) is 0 Å². The van der Waals surface area contributed by atoms with E-state index < -0.39 is 48.0 Å². The maximum atomic E-state index is 13.7. The first-order chi connectivity index (χ1) is 13.4. The molecule has 0 saturated carbocycles. The lowest BCUT2D eigenvalue weighted by Gasteiger charge is -2.41. The van der Waals surface area contributed by atoms with Crippen molar-refractivity contribution >= 4 is 11.7 Å². The second-order valence-electron chi connectivity index (χ2n) is 6.39. The third-order valence-electron chi connectivity index (χ3n) is 4.28. The van der Waals surface area contributed by atoms with Crippen LogP contribution in [0.3, 0.4) is 0 Å². The average Bonchev–Trinajstić information content (AvgIpc) is 2.59. The monoisotopic (exact) mass is 423 g/mol. The zero-order valence-electron chi connectivity index (χ0n) is 15.3. The number of alkyl halides is 3. The third-order valence-corrected chi connectivity index (χ3v) is 4.28. The Kier molecular flexibility index (Phi) is 6.77. The van der Waals surface area contributed by atoms with Crippen LogP contribution in [0.25, 0.3) is 0 Å². The molecule has 29 heavy (non-hydrogen) atoms. The number of halogens is 6. The Labute approximate surface area is 162 Å². The van der Waals surface area contributed by atoms with Crippen LogP contribution in [0.2, 0.25) is 0 Å². The first kappa shape index (κ1) is 22.5. The number of hydrogen-bond acceptors (Lipinski definition) is 4. The van der Waals surface area contributed by atoms with Crippen molar-refractivity contribution in [2.75, 3.05) is 26.7 Å². The average molecular weight is 423 g/mol. The lowest BCUT2D eigenvalue weighted by Crippen LogP contribution is -2.62. The third kappa shape index (κ3) is 5.40. The van der Waals surface area contributed by atoms with Gasteiger partial charge in [-0.3, -0.25) is 15.5 Å². The summed E-state index contributed by atoms with van der Waals surface area (Å²) in [5.41, 5.74) is 5.07. The SMILES string of the molecule is CNC(N1CCN(C(=O)/C=C(\N)Cc2cc(F)cc(F)c2F)CC1=N)C(F)(F)F. The van der Waals surface area contributed by atoms with E-state index in [9.17, 15) is 31.1 Å². The predicted molar refractivity (Wildman–Crippen MR) is 92.2 cm³/mol. The van der Waals surface area contributed by atoms with Gasteiger partial charge in [0.15, 0.2) is 17.8 Å². The van der Waals surface area contributed by atoms with E-state index >= 15 is 0 Å². The van der Waals surface area contributed by atoms with Gasteiger partial charge in [0, 0.05) is 37.3 Å². The minimum Gasteiger partial charge on any atom is -0.402 e. The standard InChI is InChI=1S/C17H19F6N5O/c1-26-16(17(21,22)23)28-3-2-27(8-13(28)25)14(29)7-11(24)5-9-4-10(18)6-12(19)15(9)20/h4,6-7,16,25-26H,2-3,5,8,24H2,1H3/b11-7-,25-13?. The van der Waals surface area contributed by atoms with Gasteiger partial charge in [-0.1, -0.05) is 0 Å². The second-order valence-corrected chi connectivity index (χ2v) is 6.39. The van der Waals surface area contributed by atoms with Crippen molar-refractivity contribution in [3.05, 3.63) is 46.9 Å². The van der Waals surface area contributed by atoms with E-state index in [0.29, 0.717) is 6.07 Å². The van der Waals surface area contributed by atoms with Gasteiger partial charge in [0.05, 0.1) is 6.54 Å². The molecule has 1 aliphatic heterocycles. The van der Waals surface area contributed by atoms with Gasteiger partial charge in [0.2, 0.25) is 5.91 Å². The fraction of sp³-hybridized carbons (Fsp3) is 0.412. The molecule has 1 aromatic rings. The number of allylic oxidation sites excluding steroid dienone is 1. The normalized spacial score (nSPS) is 16.9. The molecule has 4 N–H and O–H groups in total. The van der Waals surface area contributed by atoms with Gasteiger partial charge in [0.1, 0.15) is 11.7 Å². The fourth-order valence-electron chi connectivity index (χ4n) is 2.94. The van der Waals surface area contributed by atoms with Gasteiger partial charge in [-0.15, -0.1) is 0 Å². The zero-order chi connectivity index (χ0) is 21.9. The Balaban J connectivity index is 2.06. The van der Waals surface area contributed by atoms with Crippen LogP contribution in [0.5, 0.6) is 0 Å². The van der Waals surface area contributed by atoms with Crippen LogP contribution < -0.4 is 11.1 Å². The van der Waals surface area contributed by atoms with E-state index in [1.807, 2.05) is 0 Å². The Hall–Kier alpha value is -2.76. The minimum atomic E-state index is -4.61. The summed E-state index contributed by atoms with van der Waals surface area (Å²) in [4.78, 5) is 14.2. The lowest BCUT2D eigenvalue weighted by atomic mass is 10.1. The van der Waals surface area contributed by atoms with Crippen LogP contribution >= 0.6 is 0 Å². The topological polar surface area (TPSA) is 85.4 Å². The van der Waals surface area contributed by atoms with Crippen molar-refractivity contribution in [3.63, 3.8) is 0 Å². The van der Waals surface area contributed by atoms with Crippen molar-refractivity contribution < 1.29 is 31.1 Å². The van der Waals surface area contributed by atoms with E-state index in [4.69, 9.17) is 11.1 Å². The maximum Gasteiger partial charge on any atom is 0.422 e. The van der Waals surface area contributed by atoms with Crippen molar-refractivity contribution in [1.82, 2.24) is 15.1 Å². The number of carbonyl (C=O) groups excluding carboxylic acids is 1. The summed E-state index contributed by atoms with van der Waals surface area (Å²) in [5.74, 6) is -4.83. The van der Waals surface area contributed by atoms with Crippen molar-refractivity contribution in [3.8, 4) is 0 Å². The number of rotatable bonds is 5. The van der Waals surface area contributed by atoms with E-state index in [1.165, 1.54) is 0 Å². The summed E-state index contributed by atoms with van der Waals surface area (Å²) < 4.78 is 79.2. The van der Waals surface area contributed by atoms with Crippen molar-refractivity contribution in [1.29, 1.82) is 5.41 Å². The van der Waals surface area contributed by atoms with Crippen LogP contribution in [-0.4, -0.2) is 60.6 Å². The van der Waals surface area contributed by atoms with Gasteiger partial charge in [-0.05, 0) is 18.7 Å². The molecule has 0 bridgehead atoms. The molecule has 0 spiro atoms. The molecular formula is C17H19F6N5O. The highest BCUT2D eigenvalue weighted by molar-refractivity contribution is 5.93. The van der Waals surface area contributed by atoms with E-state index in [2.05, 4.69) is 5.32 Å². The lowest BCUT2D eigenvalue weighted by molar-refractivity contribution is -0.182. The Morgan fingerprint density at radius 2 is 1.97 bits per heavy atom. The molecular weight excluding hydrogens is 404 g/mol. The largest absolute Gasteiger partial charge is 0.422 e. The molecule has 1 heterocycles. The molecule has 1 saturated heterocycles. The number of benzene rings is 1. The summed E-state index contributed by atoms with van der Waals surface area (Å²) in [6.45, 7) is -0.741. The molecule has 2 rings (SSSR count). The van der Waals surface area contributed by atoms with Crippen molar-refractivity contribution in [2.24, 2.45) is 5.73 Å². The fourth-order valence-corrected chi connectivity index (χ4v) is 2.94. The van der Waals surface area contributed by atoms with Crippen LogP contribution in [0.4, 0.5) is 26.3 Å². The molecule has 12 heteroatoms. The van der Waals surface area contributed by atoms with Gasteiger partial charge >= 0.3 is 6.18 Å². The molecule has 1 amide bonds. The quantitative estimate of drug-likeness (QED) is 0.383. The molecule has 160 valence electrons. The van der Waals surface area contributed by atoms with Gasteiger partial charge < -0.3 is 15.5 Å². The van der Waals surface area contributed by atoms with Crippen LogP contribution in [0.15, 0.2) is 23.9 Å². The summed E-state index contributed by atoms with van der Waals surface area (Å²) in [6.07, 6.45) is -6.22. The Bertz CT molecular complexity index is 825.